The van der Waals surface area contributed by atoms with Gasteiger partial charge in [0.05, 0.1) is 6.10 Å². The van der Waals surface area contributed by atoms with Crippen molar-refractivity contribution in [3.8, 4) is 5.75 Å². The maximum atomic E-state index is 5.94. The summed E-state index contributed by atoms with van der Waals surface area (Å²) in [5.74, 6) is 0.961. The van der Waals surface area contributed by atoms with Crippen molar-refractivity contribution in [3.05, 3.63) is 23.5 Å². The van der Waals surface area contributed by atoms with Crippen molar-refractivity contribution in [2.45, 2.75) is 46.3 Å². The first-order chi connectivity index (χ1) is 7.67. The Hall–Kier alpha value is -1.09. The Balaban J connectivity index is 2.78. The SMILES string of the molecule is CCCC(C)Oc1cc(C)ncc1CNC. The normalized spacial score (nSPS) is 12.5. The highest BCUT2D eigenvalue weighted by Gasteiger charge is 2.08. The van der Waals surface area contributed by atoms with Crippen molar-refractivity contribution in [1.29, 1.82) is 0 Å². The Labute approximate surface area is 98.2 Å². The summed E-state index contributed by atoms with van der Waals surface area (Å²) in [6.45, 7) is 7.07. The molecule has 0 aliphatic heterocycles. The standard InChI is InChI=1S/C13H22N2O/c1-5-6-11(3)16-13-7-10(2)15-9-12(13)8-14-4/h7,9,11,14H,5-6,8H2,1-4H3. The van der Waals surface area contributed by atoms with Gasteiger partial charge in [-0.05, 0) is 27.3 Å². The van der Waals surface area contributed by atoms with E-state index in [1.54, 1.807) is 0 Å². The minimum absolute atomic E-state index is 0.266. The Morgan fingerprint density at radius 2 is 2.25 bits per heavy atom. The first-order valence-electron chi connectivity index (χ1n) is 5.94. The molecule has 0 aliphatic rings. The molecule has 0 radical (unpaired) electrons. The molecular weight excluding hydrogens is 200 g/mol. The lowest BCUT2D eigenvalue weighted by molar-refractivity contribution is 0.207. The second kappa shape index (κ2) is 6.48. The first-order valence-corrected chi connectivity index (χ1v) is 5.94. The first kappa shape index (κ1) is 13.0. The molecule has 1 N–H and O–H groups in total. The predicted octanol–water partition coefficient (Wildman–Crippen LogP) is 2.68. The molecule has 0 saturated carbocycles. The van der Waals surface area contributed by atoms with Crippen molar-refractivity contribution in [1.82, 2.24) is 10.3 Å². The Bertz CT molecular complexity index is 326. The molecule has 3 nitrogen and oxygen atoms in total. The summed E-state index contributed by atoms with van der Waals surface area (Å²) in [5.41, 5.74) is 2.12. The quantitative estimate of drug-likeness (QED) is 0.803. The number of nitrogens with one attached hydrogen (secondary N) is 1. The van der Waals surface area contributed by atoms with E-state index >= 15 is 0 Å². The van der Waals surface area contributed by atoms with Crippen molar-refractivity contribution >= 4 is 0 Å². The van der Waals surface area contributed by atoms with Gasteiger partial charge in [0.25, 0.3) is 0 Å². The fourth-order valence-corrected chi connectivity index (χ4v) is 1.68. The van der Waals surface area contributed by atoms with Gasteiger partial charge in [0.15, 0.2) is 0 Å². The number of aryl methyl sites for hydroxylation is 1. The van der Waals surface area contributed by atoms with Gasteiger partial charge in [0, 0.05) is 30.1 Å². The molecule has 0 fully saturated rings. The maximum absolute atomic E-state index is 5.94. The van der Waals surface area contributed by atoms with Crippen LogP contribution in [0.4, 0.5) is 0 Å². The number of hydrogen-bond acceptors (Lipinski definition) is 3. The maximum Gasteiger partial charge on any atom is 0.127 e. The average molecular weight is 222 g/mol. The summed E-state index contributed by atoms with van der Waals surface area (Å²) in [6, 6.07) is 2.01. The zero-order chi connectivity index (χ0) is 12.0. The molecule has 1 rings (SSSR count). The zero-order valence-corrected chi connectivity index (χ0v) is 10.7. The predicted molar refractivity (Wildman–Crippen MR) is 66.7 cm³/mol. The van der Waals surface area contributed by atoms with Gasteiger partial charge < -0.3 is 10.1 Å². The number of pyridine rings is 1. The summed E-state index contributed by atoms with van der Waals surface area (Å²) in [7, 11) is 1.93. The topological polar surface area (TPSA) is 34.1 Å². The summed E-state index contributed by atoms with van der Waals surface area (Å²) in [5, 5.41) is 3.13. The Morgan fingerprint density at radius 3 is 2.88 bits per heavy atom. The summed E-state index contributed by atoms with van der Waals surface area (Å²) in [4.78, 5) is 4.29. The fourth-order valence-electron chi connectivity index (χ4n) is 1.68. The van der Waals surface area contributed by atoms with E-state index < -0.39 is 0 Å². The smallest absolute Gasteiger partial charge is 0.127 e. The number of hydrogen-bond donors (Lipinski definition) is 1. The van der Waals surface area contributed by atoms with Gasteiger partial charge in [-0.1, -0.05) is 13.3 Å². The van der Waals surface area contributed by atoms with Gasteiger partial charge in [0.1, 0.15) is 5.75 Å². The van der Waals surface area contributed by atoms with Crippen LogP contribution in [0.2, 0.25) is 0 Å². The lowest BCUT2D eigenvalue weighted by Crippen LogP contribution is -2.14. The van der Waals surface area contributed by atoms with Gasteiger partial charge in [-0.15, -0.1) is 0 Å². The van der Waals surface area contributed by atoms with E-state index in [1.165, 1.54) is 0 Å². The highest BCUT2D eigenvalue weighted by atomic mass is 16.5. The van der Waals surface area contributed by atoms with Gasteiger partial charge in [-0.2, -0.15) is 0 Å². The largest absolute Gasteiger partial charge is 0.490 e. The Kier molecular flexibility index (Phi) is 5.26. The van der Waals surface area contributed by atoms with Crippen molar-refractivity contribution in [3.63, 3.8) is 0 Å². The van der Waals surface area contributed by atoms with Crippen molar-refractivity contribution in [2.75, 3.05) is 7.05 Å². The highest BCUT2D eigenvalue weighted by Crippen LogP contribution is 2.20. The minimum Gasteiger partial charge on any atom is -0.490 e. The second-order valence-corrected chi connectivity index (χ2v) is 4.18. The summed E-state index contributed by atoms with van der Waals surface area (Å²) < 4.78 is 5.94. The van der Waals surface area contributed by atoms with Gasteiger partial charge in [-0.3, -0.25) is 4.98 Å². The molecule has 1 aromatic heterocycles. The monoisotopic (exact) mass is 222 g/mol. The van der Waals surface area contributed by atoms with Crippen molar-refractivity contribution < 1.29 is 4.74 Å². The van der Waals surface area contributed by atoms with Crippen LogP contribution in [0.25, 0.3) is 0 Å². The molecule has 0 spiro atoms. The van der Waals surface area contributed by atoms with E-state index in [0.717, 1.165) is 36.4 Å². The summed E-state index contributed by atoms with van der Waals surface area (Å²) >= 11 is 0. The van der Waals surface area contributed by atoms with Crippen molar-refractivity contribution in [2.24, 2.45) is 0 Å². The number of rotatable bonds is 6. The third-order valence-electron chi connectivity index (χ3n) is 2.47. The fraction of sp³-hybridized carbons (Fsp3) is 0.615. The van der Waals surface area contributed by atoms with E-state index in [4.69, 9.17) is 4.74 Å². The van der Waals surface area contributed by atoms with Crippen LogP contribution in [0, 0.1) is 6.92 Å². The number of ether oxygens (including phenoxy) is 1. The van der Waals surface area contributed by atoms with E-state index in [1.807, 2.05) is 26.2 Å². The van der Waals surface area contributed by atoms with Crippen LogP contribution in [0.5, 0.6) is 5.75 Å². The Morgan fingerprint density at radius 1 is 1.50 bits per heavy atom. The molecule has 1 aromatic rings. The van der Waals surface area contributed by atoms with Crippen LogP contribution < -0.4 is 10.1 Å². The molecule has 0 bridgehead atoms. The molecular formula is C13H22N2O. The third kappa shape index (κ3) is 3.81. The van der Waals surface area contributed by atoms with Crippen LogP contribution in [0.15, 0.2) is 12.3 Å². The van der Waals surface area contributed by atoms with Gasteiger partial charge >= 0.3 is 0 Å². The molecule has 3 heteroatoms. The van der Waals surface area contributed by atoms with Crippen LogP contribution in [-0.2, 0) is 6.54 Å². The van der Waals surface area contributed by atoms with Crippen LogP contribution in [0.1, 0.15) is 37.9 Å². The number of aromatic nitrogens is 1. The van der Waals surface area contributed by atoms with Crippen LogP contribution in [0.3, 0.4) is 0 Å². The third-order valence-corrected chi connectivity index (χ3v) is 2.47. The van der Waals surface area contributed by atoms with E-state index in [-0.39, 0.29) is 6.10 Å². The molecule has 90 valence electrons. The zero-order valence-electron chi connectivity index (χ0n) is 10.7. The van der Waals surface area contributed by atoms with Gasteiger partial charge in [-0.25, -0.2) is 0 Å². The lowest BCUT2D eigenvalue weighted by atomic mass is 10.2. The van der Waals surface area contributed by atoms with Gasteiger partial charge in [0.2, 0.25) is 0 Å². The average Bonchev–Trinajstić information content (AvgIpc) is 2.22. The molecule has 1 unspecified atom stereocenters. The molecule has 0 aliphatic carbocycles. The summed E-state index contributed by atoms with van der Waals surface area (Å²) in [6.07, 6.45) is 4.38. The van der Waals surface area contributed by atoms with E-state index in [9.17, 15) is 0 Å². The lowest BCUT2D eigenvalue weighted by Gasteiger charge is -2.17. The van der Waals surface area contributed by atoms with Crippen LogP contribution in [-0.4, -0.2) is 18.1 Å². The van der Waals surface area contributed by atoms with E-state index in [2.05, 4.69) is 24.1 Å². The van der Waals surface area contributed by atoms with Crippen LogP contribution >= 0.6 is 0 Å². The minimum atomic E-state index is 0.266. The highest BCUT2D eigenvalue weighted by molar-refractivity contribution is 5.33. The number of nitrogens with zero attached hydrogens (tertiary/aromatic N) is 1. The second-order valence-electron chi connectivity index (χ2n) is 4.18. The van der Waals surface area contributed by atoms with E-state index in [0.29, 0.717) is 0 Å². The molecule has 0 amide bonds. The molecule has 1 heterocycles. The molecule has 16 heavy (non-hydrogen) atoms. The molecule has 0 saturated heterocycles. The molecule has 1 atom stereocenters. The molecule has 0 aromatic carbocycles.